The fourth-order valence-corrected chi connectivity index (χ4v) is 3.19. The predicted octanol–water partition coefficient (Wildman–Crippen LogP) is 2.81. The number of hydrogen-bond donors (Lipinski definition) is 3. The Morgan fingerprint density at radius 3 is 2.35 bits per heavy atom. The van der Waals surface area contributed by atoms with Gasteiger partial charge in [0.25, 0.3) is 10.1 Å². The standard InChI is InChI=1S/C18H16N4O8S/c1-10-9-19-22(12-3-5-13(6-4-12)31(27,28)29)16(10)30-21-20-15-8-11(17(23)24)2-7-14(15)18(25)26/h2-10,16H,1H3,(H,23,24)(H,25,26)(H,27,28,29). The van der Waals surface area contributed by atoms with Gasteiger partial charge in [0.05, 0.1) is 27.6 Å². The molecule has 0 amide bonds. The second kappa shape index (κ2) is 8.49. The molecule has 3 rings (SSSR count). The van der Waals surface area contributed by atoms with Crippen LogP contribution in [-0.2, 0) is 15.0 Å². The average Bonchev–Trinajstić information content (AvgIpc) is 3.07. The maximum atomic E-state index is 11.3. The number of aromatic carboxylic acids is 2. The Labute approximate surface area is 175 Å². The van der Waals surface area contributed by atoms with Crippen molar-refractivity contribution in [3.8, 4) is 0 Å². The van der Waals surface area contributed by atoms with Gasteiger partial charge in [0.15, 0.2) is 0 Å². The van der Waals surface area contributed by atoms with Crippen molar-refractivity contribution in [2.45, 2.75) is 18.0 Å². The highest BCUT2D eigenvalue weighted by Crippen LogP contribution is 2.28. The molecule has 2 aromatic rings. The van der Waals surface area contributed by atoms with Gasteiger partial charge in [-0.15, -0.1) is 5.11 Å². The van der Waals surface area contributed by atoms with Crippen LogP contribution in [0.5, 0.6) is 0 Å². The number of hydrogen-bond acceptors (Lipinski definition) is 9. The van der Waals surface area contributed by atoms with E-state index in [9.17, 15) is 23.1 Å². The van der Waals surface area contributed by atoms with Crippen molar-refractivity contribution in [2.24, 2.45) is 21.4 Å². The van der Waals surface area contributed by atoms with E-state index in [4.69, 9.17) is 14.5 Å². The molecule has 0 aromatic heterocycles. The molecule has 0 radical (unpaired) electrons. The summed E-state index contributed by atoms with van der Waals surface area (Å²) < 4.78 is 31.4. The second-order valence-corrected chi connectivity index (χ2v) is 7.88. The van der Waals surface area contributed by atoms with Crippen molar-refractivity contribution in [1.82, 2.24) is 0 Å². The molecule has 2 aromatic carbocycles. The molecule has 0 bridgehead atoms. The largest absolute Gasteiger partial charge is 0.478 e. The third-order valence-electron chi connectivity index (χ3n) is 4.29. The van der Waals surface area contributed by atoms with Crippen LogP contribution in [0.25, 0.3) is 0 Å². The van der Waals surface area contributed by atoms with E-state index in [1.165, 1.54) is 29.3 Å². The summed E-state index contributed by atoms with van der Waals surface area (Å²) in [5.74, 6) is -2.85. The van der Waals surface area contributed by atoms with E-state index >= 15 is 0 Å². The third-order valence-corrected chi connectivity index (χ3v) is 5.16. The van der Waals surface area contributed by atoms with Crippen LogP contribution in [-0.4, -0.2) is 47.6 Å². The van der Waals surface area contributed by atoms with Crippen LogP contribution in [0.2, 0.25) is 0 Å². The number of carbonyl (C=O) groups is 2. The molecule has 31 heavy (non-hydrogen) atoms. The number of benzene rings is 2. The Balaban J connectivity index is 1.82. The summed E-state index contributed by atoms with van der Waals surface area (Å²) in [4.78, 5) is 27.5. The first-order chi connectivity index (χ1) is 14.6. The normalized spacial score (nSPS) is 18.5. The van der Waals surface area contributed by atoms with Gasteiger partial charge < -0.3 is 15.1 Å². The molecule has 1 aliphatic rings. The molecule has 1 aliphatic heterocycles. The summed E-state index contributed by atoms with van der Waals surface area (Å²) in [5, 5.41) is 31.1. The van der Waals surface area contributed by atoms with Crippen LogP contribution in [0.1, 0.15) is 27.6 Å². The van der Waals surface area contributed by atoms with Gasteiger partial charge in [0, 0.05) is 11.5 Å². The first-order valence-electron chi connectivity index (χ1n) is 8.66. The third kappa shape index (κ3) is 4.84. The van der Waals surface area contributed by atoms with Gasteiger partial charge in [0.2, 0.25) is 6.23 Å². The zero-order valence-corrected chi connectivity index (χ0v) is 16.7. The molecule has 1 heterocycles. The Morgan fingerprint density at radius 1 is 1.10 bits per heavy atom. The fourth-order valence-electron chi connectivity index (χ4n) is 2.71. The molecular formula is C18H16N4O8S. The minimum absolute atomic E-state index is 0.169. The van der Waals surface area contributed by atoms with Crippen LogP contribution in [0.3, 0.4) is 0 Å². The van der Waals surface area contributed by atoms with Gasteiger partial charge in [-0.3, -0.25) is 4.55 Å². The second-order valence-electron chi connectivity index (χ2n) is 6.46. The highest BCUT2D eigenvalue weighted by molar-refractivity contribution is 7.85. The maximum absolute atomic E-state index is 11.3. The van der Waals surface area contributed by atoms with Crippen LogP contribution in [0, 0.1) is 5.92 Å². The van der Waals surface area contributed by atoms with E-state index in [1.807, 2.05) is 0 Å². The topological polar surface area (TPSA) is 179 Å². The first kappa shape index (κ1) is 21.9. The molecule has 0 saturated heterocycles. The van der Waals surface area contributed by atoms with E-state index in [0.29, 0.717) is 5.69 Å². The SMILES string of the molecule is CC1C=NN(c2ccc(S(=O)(=O)O)cc2)C1ON=Nc1cc(C(=O)O)ccc1C(=O)O. The predicted molar refractivity (Wildman–Crippen MR) is 106 cm³/mol. The Bertz CT molecular complexity index is 1180. The van der Waals surface area contributed by atoms with Gasteiger partial charge in [-0.2, -0.15) is 13.5 Å². The smallest absolute Gasteiger partial charge is 0.337 e. The molecule has 162 valence electrons. The van der Waals surface area contributed by atoms with Crippen LogP contribution in [0.4, 0.5) is 11.4 Å². The molecule has 3 N–H and O–H groups in total. The monoisotopic (exact) mass is 448 g/mol. The lowest BCUT2D eigenvalue weighted by Gasteiger charge is -2.23. The summed E-state index contributed by atoms with van der Waals surface area (Å²) in [7, 11) is -4.34. The van der Waals surface area contributed by atoms with Gasteiger partial charge in [-0.05, 0) is 42.5 Å². The van der Waals surface area contributed by atoms with Crippen LogP contribution >= 0.6 is 0 Å². The summed E-state index contributed by atoms with van der Waals surface area (Å²) in [5.41, 5.74) is -0.196. The van der Waals surface area contributed by atoms with Crippen LogP contribution in [0.15, 0.2) is 62.9 Å². The molecule has 2 atom stereocenters. The van der Waals surface area contributed by atoms with Gasteiger partial charge in [0.1, 0.15) is 5.69 Å². The van der Waals surface area contributed by atoms with Gasteiger partial charge >= 0.3 is 11.9 Å². The lowest BCUT2D eigenvalue weighted by molar-refractivity contribution is 0.0317. The van der Waals surface area contributed by atoms with Gasteiger partial charge in [-0.25, -0.2) is 14.6 Å². The number of nitrogens with zero attached hydrogens (tertiary/aromatic N) is 4. The molecule has 0 spiro atoms. The Morgan fingerprint density at radius 2 is 1.77 bits per heavy atom. The zero-order chi connectivity index (χ0) is 22.8. The summed E-state index contributed by atoms with van der Waals surface area (Å²) in [6.07, 6.45) is 0.765. The molecule has 0 aliphatic carbocycles. The molecule has 0 fully saturated rings. The highest BCUT2D eigenvalue weighted by atomic mass is 32.2. The lowest BCUT2D eigenvalue weighted by atomic mass is 10.1. The molecule has 13 heteroatoms. The number of hydrazone groups is 1. The summed E-state index contributed by atoms with van der Waals surface area (Å²) in [6, 6.07) is 8.49. The van der Waals surface area contributed by atoms with E-state index in [0.717, 1.165) is 18.2 Å². The van der Waals surface area contributed by atoms with Crippen molar-refractivity contribution < 1.29 is 37.6 Å². The summed E-state index contributed by atoms with van der Waals surface area (Å²) in [6.45, 7) is 1.77. The number of rotatable bonds is 7. The summed E-state index contributed by atoms with van der Waals surface area (Å²) >= 11 is 0. The Hall–Kier alpha value is -3.84. The van der Waals surface area contributed by atoms with Crippen molar-refractivity contribution in [3.05, 3.63) is 53.6 Å². The van der Waals surface area contributed by atoms with E-state index in [-0.39, 0.29) is 27.6 Å². The number of anilines is 1. The Kier molecular flexibility index (Phi) is 5.99. The fraction of sp³-hybridized carbons (Fsp3) is 0.167. The molecule has 0 saturated carbocycles. The number of carboxylic acids is 2. The van der Waals surface area contributed by atoms with Gasteiger partial charge in [-0.1, -0.05) is 6.92 Å². The molecule has 12 nitrogen and oxygen atoms in total. The maximum Gasteiger partial charge on any atom is 0.337 e. The highest BCUT2D eigenvalue weighted by Gasteiger charge is 2.31. The molecular weight excluding hydrogens is 432 g/mol. The van der Waals surface area contributed by atoms with E-state index in [2.05, 4.69) is 15.5 Å². The quantitative estimate of drug-likeness (QED) is 0.326. The lowest BCUT2D eigenvalue weighted by Crippen LogP contribution is -2.32. The minimum atomic E-state index is -4.34. The van der Waals surface area contributed by atoms with Crippen molar-refractivity contribution in [1.29, 1.82) is 0 Å². The van der Waals surface area contributed by atoms with Crippen LogP contribution < -0.4 is 5.01 Å². The average molecular weight is 448 g/mol. The zero-order valence-electron chi connectivity index (χ0n) is 15.9. The van der Waals surface area contributed by atoms with Crippen molar-refractivity contribution in [2.75, 3.05) is 5.01 Å². The molecule has 2 unspecified atom stereocenters. The number of carboxylic acid groups (broad SMARTS) is 2. The first-order valence-corrected chi connectivity index (χ1v) is 10.1. The van der Waals surface area contributed by atoms with Crippen molar-refractivity contribution >= 4 is 39.6 Å². The van der Waals surface area contributed by atoms with Crippen molar-refractivity contribution in [3.63, 3.8) is 0 Å². The van der Waals surface area contributed by atoms with E-state index in [1.54, 1.807) is 13.1 Å². The van der Waals surface area contributed by atoms with E-state index < -0.39 is 28.3 Å². The minimum Gasteiger partial charge on any atom is -0.478 e.